The van der Waals surface area contributed by atoms with Gasteiger partial charge in [-0.3, -0.25) is 4.79 Å². The lowest BCUT2D eigenvalue weighted by atomic mass is 9.97. The first-order valence-electron chi connectivity index (χ1n) is 23.3. The molecule has 0 aromatic heterocycles. The van der Waals surface area contributed by atoms with E-state index in [1.54, 1.807) is 0 Å². The summed E-state index contributed by atoms with van der Waals surface area (Å²) >= 11 is 0. The molecule has 58 heavy (non-hydrogen) atoms. The minimum Gasteiger partial charge on any atom is -0.394 e. The molecule has 2 aliphatic heterocycles. The summed E-state index contributed by atoms with van der Waals surface area (Å²) in [5.74, 6) is -0.208. The van der Waals surface area contributed by atoms with E-state index in [0.717, 1.165) is 51.4 Å². The number of unbranched alkanes of at least 4 members (excludes halogenated alkanes) is 22. The van der Waals surface area contributed by atoms with Crippen LogP contribution in [0.2, 0.25) is 0 Å². The van der Waals surface area contributed by atoms with Gasteiger partial charge in [0.2, 0.25) is 5.91 Å². The number of aliphatic hydroxyl groups is 8. The average Bonchev–Trinajstić information content (AvgIpc) is 3.22. The number of ether oxygens (including phenoxy) is 4. The van der Waals surface area contributed by atoms with E-state index in [0.29, 0.717) is 12.8 Å². The quantitative estimate of drug-likeness (QED) is 0.0397. The Labute approximate surface area is 349 Å². The van der Waals surface area contributed by atoms with Crippen LogP contribution < -0.4 is 5.32 Å². The number of rotatable bonds is 35. The summed E-state index contributed by atoms with van der Waals surface area (Å²) in [6.45, 7) is 2.81. The molecule has 0 aromatic carbocycles. The molecular formula is C44H85NO13. The smallest absolute Gasteiger partial charge is 0.220 e. The van der Waals surface area contributed by atoms with E-state index >= 15 is 0 Å². The summed E-state index contributed by atoms with van der Waals surface area (Å²) < 4.78 is 22.7. The van der Waals surface area contributed by atoms with Crippen LogP contribution in [-0.4, -0.2) is 140 Å². The highest BCUT2D eigenvalue weighted by Gasteiger charge is 2.51. The van der Waals surface area contributed by atoms with Crippen molar-refractivity contribution in [1.82, 2.24) is 5.32 Å². The summed E-state index contributed by atoms with van der Waals surface area (Å²) in [6.07, 6.45) is 12.6. The van der Waals surface area contributed by atoms with Gasteiger partial charge in [0.15, 0.2) is 12.6 Å². The van der Waals surface area contributed by atoms with E-state index in [2.05, 4.69) is 19.2 Å². The van der Waals surface area contributed by atoms with Gasteiger partial charge in [0, 0.05) is 6.42 Å². The van der Waals surface area contributed by atoms with Gasteiger partial charge in [0.25, 0.3) is 0 Å². The van der Waals surface area contributed by atoms with Crippen molar-refractivity contribution in [2.75, 3.05) is 19.8 Å². The number of carbonyl (C=O) groups is 1. The van der Waals surface area contributed by atoms with Crippen molar-refractivity contribution in [3.05, 3.63) is 0 Å². The topological polar surface area (TPSA) is 228 Å². The largest absolute Gasteiger partial charge is 0.394 e. The van der Waals surface area contributed by atoms with Crippen LogP contribution in [0.1, 0.15) is 181 Å². The number of carbonyl (C=O) groups excluding carboxylic acids is 1. The van der Waals surface area contributed by atoms with Crippen LogP contribution >= 0.6 is 0 Å². The molecule has 1 amide bonds. The van der Waals surface area contributed by atoms with Crippen LogP contribution in [0.3, 0.4) is 0 Å². The van der Waals surface area contributed by atoms with E-state index in [9.17, 15) is 45.6 Å². The monoisotopic (exact) mass is 836 g/mol. The standard InChI is InChI=1S/C44H85NO13/c1-3-5-7-9-11-13-14-15-16-17-18-20-22-24-26-28-36(49)45-32(33(48)27-25-23-21-19-12-10-8-6-4-2)31-55-43-41(54)39(52)42(35(30-47)57-43)58-44-40(53)38(51)37(50)34(29-46)56-44/h32-35,37-44,46-48,50-54H,3-31H2,1-2H3,(H,45,49)/t32-,33+,34+,35+,37-,38?,39?,40?,41?,42+,43+,44-/m0/s1. The van der Waals surface area contributed by atoms with Gasteiger partial charge in [-0.05, 0) is 12.8 Å². The van der Waals surface area contributed by atoms with E-state index in [1.165, 1.54) is 103 Å². The molecule has 14 heteroatoms. The SMILES string of the molecule is CCCCCCCCCCCCCCCCCC(=O)N[C@@H](CO[C@@H]1O[C@H](CO)[C@@H](O[C@@H]2O[C@H](CO)[C@H](O)C(O)C2O)C(O)C1O)[C@H](O)CCCCCCCCCCC. The molecule has 2 heterocycles. The van der Waals surface area contributed by atoms with Crippen LogP contribution in [0, 0.1) is 0 Å². The van der Waals surface area contributed by atoms with Gasteiger partial charge in [-0.25, -0.2) is 0 Å². The number of hydrogen-bond acceptors (Lipinski definition) is 13. The van der Waals surface area contributed by atoms with Gasteiger partial charge in [0.1, 0.15) is 48.8 Å². The maximum Gasteiger partial charge on any atom is 0.220 e. The Morgan fingerprint density at radius 3 is 1.47 bits per heavy atom. The minimum absolute atomic E-state index is 0.208. The Morgan fingerprint density at radius 1 is 0.552 bits per heavy atom. The molecule has 9 N–H and O–H groups in total. The molecule has 2 saturated heterocycles. The average molecular weight is 836 g/mol. The second-order valence-electron chi connectivity index (χ2n) is 16.9. The van der Waals surface area contributed by atoms with Gasteiger partial charge in [0.05, 0.1) is 32.0 Å². The Morgan fingerprint density at radius 2 is 0.983 bits per heavy atom. The zero-order chi connectivity index (χ0) is 42.5. The zero-order valence-electron chi connectivity index (χ0n) is 36.1. The van der Waals surface area contributed by atoms with Gasteiger partial charge in [-0.15, -0.1) is 0 Å². The predicted molar refractivity (Wildman–Crippen MR) is 222 cm³/mol. The van der Waals surface area contributed by atoms with Crippen LogP contribution in [0.4, 0.5) is 0 Å². The zero-order valence-corrected chi connectivity index (χ0v) is 36.1. The van der Waals surface area contributed by atoms with Crippen molar-refractivity contribution in [3.63, 3.8) is 0 Å². The molecule has 12 atom stereocenters. The fourth-order valence-corrected chi connectivity index (χ4v) is 7.94. The van der Waals surface area contributed by atoms with Crippen molar-refractivity contribution in [3.8, 4) is 0 Å². The van der Waals surface area contributed by atoms with Gasteiger partial charge in [-0.1, -0.05) is 162 Å². The molecule has 4 unspecified atom stereocenters. The van der Waals surface area contributed by atoms with E-state index < -0.39 is 86.8 Å². The Kier molecular flexibility index (Phi) is 29.9. The first-order chi connectivity index (χ1) is 28.1. The van der Waals surface area contributed by atoms with Gasteiger partial charge in [-0.2, -0.15) is 0 Å². The molecule has 344 valence electrons. The maximum atomic E-state index is 13.1. The molecule has 2 rings (SSSR count). The number of nitrogens with one attached hydrogen (secondary N) is 1. The molecule has 0 aliphatic carbocycles. The van der Waals surface area contributed by atoms with Crippen molar-refractivity contribution >= 4 is 5.91 Å². The lowest BCUT2D eigenvalue weighted by molar-refractivity contribution is -0.359. The third-order valence-electron chi connectivity index (χ3n) is 11.8. The minimum atomic E-state index is -1.78. The molecule has 14 nitrogen and oxygen atoms in total. The lowest BCUT2D eigenvalue weighted by Gasteiger charge is -2.46. The predicted octanol–water partition coefficient (Wildman–Crippen LogP) is 4.66. The molecule has 0 bridgehead atoms. The molecular weight excluding hydrogens is 750 g/mol. The second-order valence-corrected chi connectivity index (χ2v) is 16.9. The van der Waals surface area contributed by atoms with E-state index in [4.69, 9.17) is 18.9 Å². The number of hydrogen-bond donors (Lipinski definition) is 9. The van der Waals surface area contributed by atoms with E-state index in [1.807, 2.05) is 0 Å². The van der Waals surface area contributed by atoms with Crippen molar-refractivity contribution in [2.45, 2.75) is 254 Å². The summed E-state index contributed by atoms with van der Waals surface area (Å²) in [7, 11) is 0. The number of amides is 1. The van der Waals surface area contributed by atoms with Crippen LogP contribution in [0.5, 0.6) is 0 Å². The maximum absolute atomic E-state index is 13.1. The Bertz CT molecular complexity index is 993. The lowest BCUT2D eigenvalue weighted by Crippen LogP contribution is -2.65. The van der Waals surface area contributed by atoms with Crippen molar-refractivity contribution in [1.29, 1.82) is 0 Å². The first-order valence-corrected chi connectivity index (χ1v) is 23.3. The summed E-state index contributed by atoms with van der Waals surface area (Å²) in [4.78, 5) is 13.1. The molecule has 0 saturated carbocycles. The van der Waals surface area contributed by atoms with E-state index in [-0.39, 0.29) is 12.5 Å². The fraction of sp³-hybridized carbons (Fsp3) is 0.977. The van der Waals surface area contributed by atoms with Crippen LogP contribution in [0.25, 0.3) is 0 Å². The summed E-state index contributed by atoms with van der Waals surface area (Å²) in [6, 6.07) is -0.818. The first kappa shape index (κ1) is 53.1. The molecule has 2 aliphatic rings. The second kappa shape index (κ2) is 32.7. The van der Waals surface area contributed by atoms with Crippen LogP contribution in [-0.2, 0) is 23.7 Å². The van der Waals surface area contributed by atoms with Gasteiger partial charge < -0.3 is 65.1 Å². The molecule has 0 spiro atoms. The molecule has 0 radical (unpaired) electrons. The third kappa shape index (κ3) is 20.7. The fourth-order valence-electron chi connectivity index (χ4n) is 7.94. The molecule has 0 aromatic rings. The van der Waals surface area contributed by atoms with Crippen LogP contribution in [0.15, 0.2) is 0 Å². The third-order valence-corrected chi connectivity index (χ3v) is 11.8. The highest BCUT2D eigenvalue weighted by Crippen LogP contribution is 2.30. The summed E-state index contributed by atoms with van der Waals surface area (Å²) in [5.41, 5.74) is 0. The highest BCUT2D eigenvalue weighted by atomic mass is 16.7. The normalized spacial score (nSPS) is 28.7. The molecule has 2 fully saturated rings. The van der Waals surface area contributed by atoms with Crippen molar-refractivity contribution in [2.24, 2.45) is 0 Å². The Balaban J connectivity index is 1.85. The number of aliphatic hydroxyl groups excluding tert-OH is 8. The highest BCUT2D eigenvalue weighted by molar-refractivity contribution is 5.76. The van der Waals surface area contributed by atoms with Crippen molar-refractivity contribution < 1.29 is 64.6 Å². The summed E-state index contributed by atoms with van der Waals surface area (Å²) in [5, 5.41) is 86.5. The van der Waals surface area contributed by atoms with Gasteiger partial charge >= 0.3 is 0 Å². The Hall–Kier alpha value is -1.01.